The molecular formula is C16H16N2O4. The van der Waals surface area contributed by atoms with E-state index < -0.39 is 16.9 Å². The predicted octanol–water partition coefficient (Wildman–Crippen LogP) is 1.99. The predicted molar refractivity (Wildman–Crippen MR) is 81.2 cm³/mol. The normalized spacial score (nSPS) is 11.7. The van der Waals surface area contributed by atoms with Crippen LogP contribution in [0.4, 0.5) is 5.69 Å². The number of aliphatic hydroxyl groups excluding tert-OH is 1. The van der Waals surface area contributed by atoms with Gasteiger partial charge in [0, 0.05) is 18.2 Å². The van der Waals surface area contributed by atoms with E-state index in [0.717, 1.165) is 0 Å². The van der Waals surface area contributed by atoms with E-state index in [-0.39, 0.29) is 12.2 Å². The molecule has 0 bridgehead atoms. The minimum atomic E-state index is -1.24. The van der Waals surface area contributed by atoms with Crippen LogP contribution >= 0.6 is 0 Å². The van der Waals surface area contributed by atoms with Crippen LogP contribution in [-0.2, 0) is 11.2 Å². The molecule has 0 aliphatic carbocycles. The molecule has 1 atom stereocenters. The molecule has 2 N–H and O–H groups in total. The SMILES string of the molecule is O=C(NCCc1ccccc1[N+](=O)[O-])[C@H](O)c1ccccc1. The summed E-state index contributed by atoms with van der Waals surface area (Å²) in [5.41, 5.74) is 1.08. The fraction of sp³-hybridized carbons (Fsp3) is 0.188. The molecule has 114 valence electrons. The summed E-state index contributed by atoms with van der Waals surface area (Å²) < 4.78 is 0. The highest BCUT2D eigenvalue weighted by molar-refractivity contribution is 5.81. The van der Waals surface area contributed by atoms with Crippen molar-refractivity contribution < 1.29 is 14.8 Å². The number of rotatable bonds is 6. The molecule has 0 aromatic heterocycles. The molecular weight excluding hydrogens is 284 g/mol. The van der Waals surface area contributed by atoms with E-state index in [0.29, 0.717) is 17.5 Å². The zero-order valence-corrected chi connectivity index (χ0v) is 11.8. The number of nitro benzene ring substituents is 1. The third kappa shape index (κ3) is 3.89. The number of hydrogen-bond donors (Lipinski definition) is 2. The molecule has 1 amide bonds. The Balaban J connectivity index is 1.91. The fourth-order valence-corrected chi connectivity index (χ4v) is 2.10. The summed E-state index contributed by atoms with van der Waals surface area (Å²) in [6.45, 7) is 0.216. The van der Waals surface area contributed by atoms with Gasteiger partial charge in [0.2, 0.25) is 0 Å². The van der Waals surface area contributed by atoms with Crippen molar-refractivity contribution in [3.63, 3.8) is 0 Å². The molecule has 0 unspecified atom stereocenters. The van der Waals surface area contributed by atoms with Gasteiger partial charge in [-0.2, -0.15) is 0 Å². The van der Waals surface area contributed by atoms with Crippen molar-refractivity contribution in [2.24, 2.45) is 0 Å². The summed E-state index contributed by atoms with van der Waals surface area (Å²) in [7, 11) is 0. The monoisotopic (exact) mass is 300 g/mol. The van der Waals surface area contributed by atoms with Crippen LogP contribution in [0, 0.1) is 10.1 Å². The fourth-order valence-electron chi connectivity index (χ4n) is 2.10. The Morgan fingerprint density at radius 3 is 2.45 bits per heavy atom. The van der Waals surface area contributed by atoms with Gasteiger partial charge in [-0.3, -0.25) is 14.9 Å². The maximum atomic E-state index is 11.9. The van der Waals surface area contributed by atoms with Gasteiger partial charge in [0.05, 0.1) is 4.92 Å². The summed E-state index contributed by atoms with van der Waals surface area (Å²) in [4.78, 5) is 22.3. The lowest BCUT2D eigenvalue weighted by Gasteiger charge is -2.11. The van der Waals surface area contributed by atoms with Crippen molar-refractivity contribution in [3.8, 4) is 0 Å². The van der Waals surface area contributed by atoms with Gasteiger partial charge in [0.25, 0.3) is 11.6 Å². The molecule has 0 saturated heterocycles. The van der Waals surface area contributed by atoms with Gasteiger partial charge in [-0.15, -0.1) is 0 Å². The molecule has 0 radical (unpaired) electrons. The van der Waals surface area contributed by atoms with Gasteiger partial charge < -0.3 is 10.4 Å². The topological polar surface area (TPSA) is 92.5 Å². The third-order valence-corrected chi connectivity index (χ3v) is 3.25. The smallest absolute Gasteiger partial charge is 0.272 e. The Labute approximate surface area is 127 Å². The first kappa shape index (κ1) is 15.7. The number of amides is 1. The molecule has 0 aliphatic heterocycles. The number of carbonyl (C=O) groups is 1. The molecule has 0 spiro atoms. The summed E-state index contributed by atoms with van der Waals surface area (Å²) in [5, 5.41) is 23.4. The van der Waals surface area contributed by atoms with Gasteiger partial charge in [0.15, 0.2) is 6.10 Å². The molecule has 2 rings (SSSR count). The second kappa shape index (κ2) is 7.33. The molecule has 2 aromatic rings. The van der Waals surface area contributed by atoms with Crippen molar-refractivity contribution in [1.82, 2.24) is 5.32 Å². The number of hydrogen-bond acceptors (Lipinski definition) is 4. The Kier molecular flexibility index (Phi) is 5.21. The quantitative estimate of drug-likeness (QED) is 0.630. The van der Waals surface area contributed by atoms with Gasteiger partial charge in [-0.05, 0) is 12.0 Å². The van der Waals surface area contributed by atoms with Crippen molar-refractivity contribution >= 4 is 11.6 Å². The highest BCUT2D eigenvalue weighted by atomic mass is 16.6. The van der Waals surface area contributed by atoms with Crippen LogP contribution in [0.15, 0.2) is 54.6 Å². The van der Waals surface area contributed by atoms with E-state index in [2.05, 4.69) is 5.32 Å². The Morgan fingerprint density at radius 1 is 1.14 bits per heavy atom. The highest BCUT2D eigenvalue weighted by Gasteiger charge is 2.17. The van der Waals surface area contributed by atoms with E-state index >= 15 is 0 Å². The van der Waals surface area contributed by atoms with Crippen LogP contribution in [0.2, 0.25) is 0 Å². The molecule has 0 heterocycles. The first-order valence-electron chi connectivity index (χ1n) is 6.82. The van der Waals surface area contributed by atoms with Crippen LogP contribution in [0.1, 0.15) is 17.2 Å². The van der Waals surface area contributed by atoms with Gasteiger partial charge in [-0.1, -0.05) is 48.5 Å². The first-order chi connectivity index (χ1) is 10.6. The van der Waals surface area contributed by atoms with Crippen molar-refractivity contribution in [3.05, 3.63) is 75.8 Å². The zero-order chi connectivity index (χ0) is 15.9. The third-order valence-electron chi connectivity index (χ3n) is 3.25. The lowest BCUT2D eigenvalue weighted by molar-refractivity contribution is -0.385. The number of aliphatic hydroxyl groups is 1. The van der Waals surface area contributed by atoms with E-state index in [1.54, 1.807) is 48.5 Å². The van der Waals surface area contributed by atoms with Gasteiger partial charge in [-0.25, -0.2) is 0 Å². The van der Waals surface area contributed by atoms with Crippen LogP contribution in [-0.4, -0.2) is 22.5 Å². The Bertz CT molecular complexity index is 658. The molecule has 6 nitrogen and oxygen atoms in total. The van der Waals surface area contributed by atoms with Crippen LogP contribution in [0.3, 0.4) is 0 Å². The lowest BCUT2D eigenvalue weighted by Crippen LogP contribution is -2.31. The van der Waals surface area contributed by atoms with Crippen LogP contribution in [0.5, 0.6) is 0 Å². The molecule has 6 heteroatoms. The number of benzene rings is 2. The summed E-state index contributed by atoms with van der Waals surface area (Å²) in [5.74, 6) is -0.523. The van der Waals surface area contributed by atoms with E-state index in [9.17, 15) is 20.0 Å². The highest BCUT2D eigenvalue weighted by Crippen LogP contribution is 2.18. The van der Waals surface area contributed by atoms with E-state index in [4.69, 9.17) is 0 Å². The standard InChI is InChI=1S/C16H16N2O4/c19-15(13-7-2-1-3-8-13)16(20)17-11-10-12-6-4-5-9-14(12)18(21)22/h1-9,15,19H,10-11H2,(H,17,20)/t15-/m1/s1. The second-order valence-corrected chi connectivity index (χ2v) is 4.74. The summed E-state index contributed by atoms with van der Waals surface area (Å²) in [6.07, 6.45) is -0.920. The minimum Gasteiger partial charge on any atom is -0.378 e. The average Bonchev–Trinajstić information content (AvgIpc) is 2.55. The molecule has 22 heavy (non-hydrogen) atoms. The van der Waals surface area contributed by atoms with Gasteiger partial charge in [0.1, 0.15) is 0 Å². The van der Waals surface area contributed by atoms with Crippen molar-refractivity contribution in [2.75, 3.05) is 6.54 Å². The van der Waals surface area contributed by atoms with Crippen LogP contribution < -0.4 is 5.32 Å². The molecule has 0 aliphatic rings. The number of nitrogens with one attached hydrogen (secondary N) is 1. The Hall–Kier alpha value is -2.73. The minimum absolute atomic E-state index is 0.0281. The molecule has 0 saturated carbocycles. The lowest BCUT2D eigenvalue weighted by atomic mass is 10.1. The maximum Gasteiger partial charge on any atom is 0.272 e. The second-order valence-electron chi connectivity index (χ2n) is 4.74. The zero-order valence-electron chi connectivity index (χ0n) is 11.8. The molecule has 0 fully saturated rings. The number of carbonyl (C=O) groups excluding carboxylic acids is 1. The summed E-state index contributed by atoms with van der Waals surface area (Å²) >= 11 is 0. The maximum absolute atomic E-state index is 11.9. The van der Waals surface area contributed by atoms with Gasteiger partial charge >= 0.3 is 0 Å². The number of nitro groups is 1. The van der Waals surface area contributed by atoms with Crippen molar-refractivity contribution in [2.45, 2.75) is 12.5 Å². The number of nitrogens with zero attached hydrogens (tertiary/aromatic N) is 1. The first-order valence-corrected chi connectivity index (χ1v) is 6.82. The largest absolute Gasteiger partial charge is 0.378 e. The molecule has 2 aromatic carbocycles. The summed E-state index contributed by atoms with van der Waals surface area (Å²) in [6, 6.07) is 15.0. The van der Waals surface area contributed by atoms with E-state index in [1.807, 2.05) is 0 Å². The van der Waals surface area contributed by atoms with Crippen molar-refractivity contribution in [1.29, 1.82) is 0 Å². The number of para-hydroxylation sites is 1. The Morgan fingerprint density at radius 2 is 1.77 bits per heavy atom. The van der Waals surface area contributed by atoms with Crippen LogP contribution in [0.25, 0.3) is 0 Å². The average molecular weight is 300 g/mol. The van der Waals surface area contributed by atoms with E-state index in [1.165, 1.54) is 6.07 Å².